The third-order valence-corrected chi connectivity index (χ3v) is 4.04. The molecular weight excluding hydrogens is 279 g/mol. The predicted molar refractivity (Wildman–Crippen MR) is 76.0 cm³/mol. The molecule has 0 radical (unpaired) electrons. The average Bonchev–Trinajstić information content (AvgIpc) is 2.61. The molecule has 0 bridgehead atoms. The molecule has 0 aliphatic heterocycles. The Morgan fingerprint density at radius 3 is 2.67 bits per heavy atom. The second-order valence-electron chi connectivity index (χ2n) is 5.85. The van der Waals surface area contributed by atoms with Crippen molar-refractivity contribution in [3.05, 3.63) is 29.8 Å². The van der Waals surface area contributed by atoms with Crippen molar-refractivity contribution in [1.29, 1.82) is 0 Å². The summed E-state index contributed by atoms with van der Waals surface area (Å²) in [5, 5.41) is 3.38. The molecule has 1 aliphatic rings. The molecule has 2 rings (SSSR count). The fourth-order valence-corrected chi connectivity index (χ4v) is 2.82. The van der Waals surface area contributed by atoms with Crippen LogP contribution in [0.15, 0.2) is 24.3 Å². The minimum Gasteiger partial charge on any atom is -0.405 e. The van der Waals surface area contributed by atoms with Crippen molar-refractivity contribution < 1.29 is 17.9 Å². The number of benzene rings is 1. The van der Waals surface area contributed by atoms with Crippen LogP contribution in [0.1, 0.15) is 44.6 Å². The van der Waals surface area contributed by atoms with Gasteiger partial charge in [-0.15, -0.1) is 13.2 Å². The summed E-state index contributed by atoms with van der Waals surface area (Å²) >= 11 is 0. The van der Waals surface area contributed by atoms with Gasteiger partial charge in [-0.25, -0.2) is 0 Å². The molecule has 0 spiro atoms. The molecule has 1 aliphatic carbocycles. The molecule has 5 heteroatoms. The average molecular weight is 301 g/mol. The zero-order valence-electron chi connectivity index (χ0n) is 12.2. The predicted octanol–water partition coefficient (Wildman–Crippen LogP) is 4.64. The van der Waals surface area contributed by atoms with Crippen molar-refractivity contribution >= 4 is 0 Å². The van der Waals surface area contributed by atoms with E-state index in [-0.39, 0.29) is 5.75 Å². The van der Waals surface area contributed by atoms with Crippen molar-refractivity contribution in [2.24, 2.45) is 5.92 Å². The van der Waals surface area contributed by atoms with Gasteiger partial charge >= 0.3 is 6.36 Å². The fraction of sp³-hybridized carbons (Fsp3) is 0.625. The van der Waals surface area contributed by atoms with Crippen LogP contribution >= 0.6 is 0 Å². The van der Waals surface area contributed by atoms with Gasteiger partial charge in [0, 0.05) is 18.2 Å². The summed E-state index contributed by atoms with van der Waals surface area (Å²) in [5.74, 6) is 0.636. The smallest absolute Gasteiger partial charge is 0.405 e. The van der Waals surface area contributed by atoms with Gasteiger partial charge in [-0.05, 0) is 31.2 Å². The van der Waals surface area contributed by atoms with Crippen LogP contribution < -0.4 is 10.1 Å². The zero-order valence-corrected chi connectivity index (χ0v) is 12.2. The van der Waals surface area contributed by atoms with Crippen molar-refractivity contribution in [1.82, 2.24) is 5.32 Å². The van der Waals surface area contributed by atoms with Crippen LogP contribution in [-0.4, -0.2) is 12.4 Å². The number of hydrogen-bond donors (Lipinski definition) is 1. The summed E-state index contributed by atoms with van der Waals surface area (Å²) < 4.78 is 41.2. The number of hydrogen-bond acceptors (Lipinski definition) is 2. The van der Waals surface area contributed by atoms with Gasteiger partial charge in [0.25, 0.3) is 0 Å². The summed E-state index contributed by atoms with van der Waals surface area (Å²) in [7, 11) is 0. The van der Waals surface area contributed by atoms with Crippen LogP contribution in [-0.2, 0) is 6.54 Å². The Hall–Kier alpha value is -1.23. The topological polar surface area (TPSA) is 21.3 Å². The van der Waals surface area contributed by atoms with E-state index in [0.29, 0.717) is 18.2 Å². The first-order chi connectivity index (χ1) is 9.94. The maximum absolute atomic E-state index is 12.4. The number of alkyl halides is 3. The van der Waals surface area contributed by atoms with Gasteiger partial charge in [0.1, 0.15) is 5.75 Å². The molecule has 1 saturated carbocycles. The van der Waals surface area contributed by atoms with Crippen molar-refractivity contribution in [2.45, 2.75) is 58.0 Å². The quantitative estimate of drug-likeness (QED) is 0.818. The lowest BCUT2D eigenvalue weighted by Crippen LogP contribution is -2.28. The molecule has 1 aromatic rings. The van der Waals surface area contributed by atoms with Crippen LogP contribution in [0.2, 0.25) is 0 Å². The SMILES string of the molecule is CC1CCCC(NCc2ccccc2OC(F)(F)F)CC1. The van der Waals surface area contributed by atoms with Crippen LogP contribution in [0, 0.1) is 5.92 Å². The zero-order chi connectivity index (χ0) is 15.3. The Balaban J connectivity index is 1.93. The second-order valence-corrected chi connectivity index (χ2v) is 5.85. The van der Waals surface area contributed by atoms with Crippen LogP contribution in [0.3, 0.4) is 0 Å². The Morgan fingerprint density at radius 2 is 1.90 bits per heavy atom. The van der Waals surface area contributed by atoms with Gasteiger partial charge in [0.05, 0.1) is 0 Å². The molecule has 118 valence electrons. The molecule has 21 heavy (non-hydrogen) atoms. The lowest BCUT2D eigenvalue weighted by Gasteiger charge is -2.18. The van der Waals surface area contributed by atoms with E-state index < -0.39 is 6.36 Å². The number of para-hydroxylation sites is 1. The highest BCUT2D eigenvalue weighted by Crippen LogP contribution is 2.27. The summed E-state index contributed by atoms with van der Waals surface area (Å²) in [4.78, 5) is 0. The summed E-state index contributed by atoms with van der Waals surface area (Å²) in [6.07, 6.45) is 1.13. The molecule has 1 aromatic carbocycles. The molecule has 0 amide bonds. The van der Waals surface area contributed by atoms with E-state index in [0.717, 1.165) is 18.8 Å². The number of halogens is 3. The number of rotatable bonds is 4. The highest BCUT2D eigenvalue weighted by atomic mass is 19.4. The van der Waals surface area contributed by atoms with E-state index in [9.17, 15) is 13.2 Å². The maximum Gasteiger partial charge on any atom is 0.573 e. The molecule has 2 nitrogen and oxygen atoms in total. The maximum atomic E-state index is 12.4. The Bertz CT molecular complexity index is 447. The third kappa shape index (κ3) is 5.58. The van der Waals surface area contributed by atoms with Crippen molar-refractivity contribution in [3.63, 3.8) is 0 Å². The molecule has 0 heterocycles. The molecule has 0 saturated heterocycles. The lowest BCUT2D eigenvalue weighted by atomic mass is 10.0. The molecule has 1 fully saturated rings. The molecule has 2 atom stereocenters. The molecule has 0 aromatic heterocycles. The lowest BCUT2D eigenvalue weighted by molar-refractivity contribution is -0.274. The molecule has 2 unspecified atom stereocenters. The highest BCUT2D eigenvalue weighted by molar-refractivity contribution is 5.33. The largest absolute Gasteiger partial charge is 0.573 e. The molecule has 1 N–H and O–H groups in total. The van der Waals surface area contributed by atoms with Crippen LogP contribution in [0.5, 0.6) is 5.75 Å². The van der Waals surface area contributed by atoms with E-state index in [2.05, 4.69) is 17.0 Å². The first-order valence-electron chi connectivity index (χ1n) is 7.51. The summed E-state index contributed by atoms with van der Waals surface area (Å²) in [6, 6.07) is 6.70. The van der Waals surface area contributed by atoms with Crippen molar-refractivity contribution in [2.75, 3.05) is 0 Å². The van der Waals surface area contributed by atoms with Gasteiger partial charge in [-0.3, -0.25) is 0 Å². The number of nitrogens with one attached hydrogen (secondary N) is 1. The monoisotopic (exact) mass is 301 g/mol. The third-order valence-electron chi connectivity index (χ3n) is 4.04. The first kappa shape index (κ1) is 16.1. The minimum atomic E-state index is -4.64. The Morgan fingerprint density at radius 1 is 1.14 bits per heavy atom. The van der Waals surface area contributed by atoms with Gasteiger partial charge in [0.15, 0.2) is 0 Å². The summed E-state index contributed by atoms with van der Waals surface area (Å²) in [5.41, 5.74) is 0.548. The van der Waals surface area contributed by atoms with Gasteiger partial charge in [-0.2, -0.15) is 0 Å². The van der Waals surface area contributed by atoms with Crippen LogP contribution in [0.4, 0.5) is 13.2 Å². The number of ether oxygens (including phenoxy) is 1. The van der Waals surface area contributed by atoms with E-state index >= 15 is 0 Å². The normalized spacial score (nSPS) is 23.6. The van der Waals surface area contributed by atoms with Crippen LogP contribution in [0.25, 0.3) is 0 Å². The minimum absolute atomic E-state index is 0.112. The Kier molecular flexibility index (Phi) is 5.51. The van der Waals surface area contributed by atoms with Gasteiger partial charge in [0.2, 0.25) is 0 Å². The Labute approximate surface area is 123 Å². The van der Waals surface area contributed by atoms with E-state index in [1.54, 1.807) is 18.2 Å². The van der Waals surface area contributed by atoms with E-state index in [4.69, 9.17) is 0 Å². The second kappa shape index (κ2) is 7.16. The standard InChI is InChI=1S/C16H22F3NO/c1-12-5-4-7-14(10-9-12)20-11-13-6-2-3-8-15(13)21-16(17,18)19/h2-3,6,8,12,14,20H,4-5,7,9-11H2,1H3. The van der Waals surface area contributed by atoms with E-state index in [1.165, 1.54) is 25.3 Å². The highest BCUT2D eigenvalue weighted by Gasteiger charge is 2.32. The van der Waals surface area contributed by atoms with Crippen molar-refractivity contribution in [3.8, 4) is 5.75 Å². The van der Waals surface area contributed by atoms with Gasteiger partial charge in [-0.1, -0.05) is 38.0 Å². The summed E-state index contributed by atoms with van der Waals surface area (Å²) in [6.45, 7) is 2.67. The van der Waals surface area contributed by atoms with E-state index in [1.807, 2.05) is 0 Å². The first-order valence-corrected chi connectivity index (χ1v) is 7.51. The fourth-order valence-electron chi connectivity index (χ4n) is 2.82. The molecular formula is C16H22F3NO. The van der Waals surface area contributed by atoms with Gasteiger partial charge < -0.3 is 10.1 Å².